The van der Waals surface area contributed by atoms with E-state index in [0.717, 1.165) is 17.8 Å². The fourth-order valence-electron chi connectivity index (χ4n) is 1.85. The van der Waals surface area contributed by atoms with Gasteiger partial charge in [0.05, 0.1) is 16.4 Å². The largest absolute Gasteiger partial charge is 0.417 e. The molecule has 0 fully saturated rings. The molecule has 5 nitrogen and oxygen atoms in total. The van der Waals surface area contributed by atoms with Crippen LogP contribution in [0.3, 0.4) is 0 Å². The number of nitrogens with zero attached hydrogens (tertiary/aromatic N) is 2. The molecule has 1 rings (SSSR count). The topological polar surface area (TPSA) is 75.0 Å². The molecule has 9 heteroatoms. The highest BCUT2D eigenvalue weighted by molar-refractivity contribution is 8.00. The van der Waals surface area contributed by atoms with Gasteiger partial charge in [0.2, 0.25) is 5.91 Å². The number of halogens is 3. The van der Waals surface area contributed by atoms with Crippen LogP contribution in [0.1, 0.15) is 30.2 Å². The molecule has 0 spiro atoms. The van der Waals surface area contributed by atoms with E-state index in [-0.39, 0.29) is 16.6 Å². The lowest BCUT2D eigenvalue weighted by Gasteiger charge is -2.15. The first-order valence-corrected chi connectivity index (χ1v) is 8.01. The lowest BCUT2D eigenvalue weighted by atomic mass is 10.1. The van der Waals surface area contributed by atoms with Crippen molar-refractivity contribution in [1.29, 1.82) is 5.26 Å². The number of thioether (sulfide) groups is 1. The van der Waals surface area contributed by atoms with E-state index in [2.05, 4.69) is 10.3 Å². The Morgan fingerprint density at radius 2 is 2.21 bits per heavy atom. The second kappa shape index (κ2) is 8.89. The number of carbonyl (C=O) groups is 1. The summed E-state index contributed by atoms with van der Waals surface area (Å²) >= 11 is 0.834. The molecule has 1 aromatic heterocycles. The van der Waals surface area contributed by atoms with E-state index in [1.165, 1.54) is 6.92 Å². The first-order valence-electron chi connectivity index (χ1n) is 7.13. The van der Waals surface area contributed by atoms with E-state index in [1.807, 2.05) is 0 Å². The summed E-state index contributed by atoms with van der Waals surface area (Å²) in [6, 6.07) is 2.38. The number of amides is 1. The molecule has 24 heavy (non-hydrogen) atoms. The van der Waals surface area contributed by atoms with Crippen LogP contribution in [0, 0.1) is 18.3 Å². The van der Waals surface area contributed by atoms with Crippen LogP contribution in [0.2, 0.25) is 0 Å². The predicted octanol–water partition coefficient (Wildman–Crippen LogP) is 2.91. The fourth-order valence-corrected chi connectivity index (χ4v) is 2.85. The van der Waals surface area contributed by atoms with Crippen molar-refractivity contribution in [3.8, 4) is 6.07 Å². The van der Waals surface area contributed by atoms with Crippen molar-refractivity contribution in [2.75, 3.05) is 20.3 Å². The minimum Gasteiger partial charge on any atom is -0.385 e. The third-order valence-electron chi connectivity index (χ3n) is 3.01. The molecular weight excluding hydrogens is 343 g/mol. The zero-order chi connectivity index (χ0) is 18.3. The molecule has 1 unspecified atom stereocenters. The smallest absolute Gasteiger partial charge is 0.385 e. The molecule has 132 valence electrons. The number of nitrogens with one attached hydrogen (secondary N) is 1. The SMILES string of the molecule is COCCCNC(=O)C(C)Sc1nc(C)cc(C(F)(F)F)c1C#N. The van der Waals surface area contributed by atoms with Crippen molar-refractivity contribution in [3.05, 3.63) is 22.9 Å². The molecule has 0 saturated carbocycles. The number of aromatic nitrogens is 1. The van der Waals surface area contributed by atoms with Crippen molar-refractivity contribution in [3.63, 3.8) is 0 Å². The lowest BCUT2D eigenvalue weighted by molar-refractivity contribution is -0.138. The Hall–Kier alpha value is -1.79. The van der Waals surface area contributed by atoms with Crippen LogP contribution >= 0.6 is 11.8 Å². The first-order chi connectivity index (χ1) is 11.2. The summed E-state index contributed by atoms with van der Waals surface area (Å²) in [5, 5.41) is 11.0. The number of rotatable bonds is 7. The first kappa shape index (κ1) is 20.3. The summed E-state index contributed by atoms with van der Waals surface area (Å²) in [5.74, 6) is -0.336. The molecule has 1 heterocycles. The Balaban J connectivity index is 2.93. The van der Waals surface area contributed by atoms with Gasteiger partial charge >= 0.3 is 6.18 Å². The summed E-state index contributed by atoms with van der Waals surface area (Å²) in [5.41, 5.74) is -1.46. The van der Waals surface area contributed by atoms with Gasteiger partial charge in [0.15, 0.2) is 0 Å². The maximum absolute atomic E-state index is 13.1. The zero-order valence-corrected chi connectivity index (χ0v) is 14.3. The van der Waals surface area contributed by atoms with E-state index in [0.29, 0.717) is 19.6 Å². The zero-order valence-electron chi connectivity index (χ0n) is 13.5. The normalized spacial score (nSPS) is 12.5. The van der Waals surface area contributed by atoms with Crippen molar-refractivity contribution in [2.24, 2.45) is 0 Å². The van der Waals surface area contributed by atoms with Gasteiger partial charge in [-0.3, -0.25) is 4.79 Å². The molecule has 0 aliphatic rings. The fraction of sp³-hybridized carbons (Fsp3) is 0.533. The Morgan fingerprint density at radius 1 is 1.54 bits per heavy atom. The van der Waals surface area contributed by atoms with E-state index in [4.69, 9.17) is 10.00 Å². The van der Waals surface area contributed by atoms with Crippen molar-refractivity contribution in [1.82, 2.24) is 10.3 Å². The molecule has 0 bridgehead atoms. The minimum absolute atomic E-state index is 0.0932. The second-order valence-electron chi connectivity index (χ2n) is 5.00. The van der Waals surface area contributed by atoms with Gasteiger partial charge in [0.25, 0.3) is 0 Å². The van der Waals surface area contributed by atoms with Gasteiger partial charge in [-0.15, -0.1) is 0 Å². The Labute approximate surface area is 142 Å². The van der Waals surface area contributed by atoms with Gasteiger partial charge in [-0.2, -0.15) is 18.4 Å². The number of nitriles is 1. The van der Waals surface area contributed by atoms with Crippen LogP contribution in [-0.2, 0) is 15.7 Å². The molecule has 1 amide bonds. The average molecular weight is 361 g/mol. The van der Waals surface area contributed by atoms with Crippen molar-refractivity contribution < 1.29 is 22.7 Å². The highest BCUT2D eigenvalue weighted by atomic mass is 32.2. The van der Waals surface area contributed by atoms with Gasteiger partial charge in [0, 0.05) is 26.0 Å². The molecular formula is C15H18F3N3O2S. The van der Waals surface area contributed by atoms with Crippen LogP contribution in [0.4, 0.5) is 13.2 Å². The number of carbonyl (C=O) groups excluding carboxylic acids is 1. The molecule has 0 aliphatic carbocycles. The van der Waals surface area contributed by atoms with Crippen LogP contribution in [0.5, 0.6) is 0 Å². The maximum Gasteiger partial charge on any atom is 0.417 e. The maximum atomic E-state index is 13.1. The quantitative estimate of drug-likeness (QED) is 0.597. The number of ether oxygens (including phenoxy) is 1. The summed E-state index contributed by atoms with van der Waals surface area (Å²) < 4.78 is 44.0. The molecule has 0 aliphatic heterocycles. The van der Waals surface area contributed by atoms with Crippen LogP contribution in [0.15, 0.2) is 11.1 Å². The highest BCUT2D eigenvalue weighted by Gasteiger charge is 2.36. The van der Waals surface area contributed by atoms with E-state index in [9.17, 15) is 18.0 Å². The van der Waals surface area contributed by atoms with E-state index >= 15 is 0 Å². The average Bonchev–Trinajstić information content (AvgIpc) is 2.50. The second-order valence-corrected chi connectivity index (χ2v) is 6.33. The summed E-state index contributed by atoms with van der Waals surface area (Å²) in [4.78, 5) is 16.0. The molecule has 0 aromatic carbocycles. The third kappa shape index (κ3) is 5.69. The monoisotopic (exact) mass is 361 g/mol. The molecule has 1 atom stereocenters. The molecule has 0 radical (unpaired) electrons. The van der Waals surface area contributed by atoms with E-state index < -0.39 is 22.6 Å². The lowest BCUT2D eigenvalue weighted by Crippen LogP contribution is -2.32. The minimum atomic E-state index is -4.65. The Bertz CT molecular complexity index is 630. The number of pyridine rings is 1. The summed E-state index contributed by atoms with van der Waals surface area (Å²) in [6.45, 7) is 3.86. The van der Waals surface area contributed by atoms with Gasteiger partial charge in [-0.1, -0.05) is 11.8 Å². The number of alkyl halides is 3. The van der Waals surface area contributed by atoms with Gasteiger partial charge < -0.3 is 10.1 Å². The van der Waals surface area contributed by atoms with Gasteiger partial charge in [0.1, 0.15) is 11.1 Å². The number of methoxy groups -OCH3 is 1. The number of hydrogen-bond donors (Lipinski definition) is 1. The van der Waals surface area contributed by atoms with Gasteiger partial charge in [-0.05, 0) is 26.3 Å². The van der Waals surface area contributed by atoms with Crippen LogP contribution in [-0.4, -0.2) is 36.4 Å². The predicted molar refractivity (Wildman–Crippen MR) is 83.5 cm³/mol. The highest BCUT2D eigenvalue weighted by Crippen LogP contribution is 2.36. The third-order valence-corrected chi connectivity index (χ3v) is 4.10. The number of aryl methyl sites for hydroxylation is 1. The number of hydrogen-bond acceptors (Lipinski definition) is 5. The van der Waals surface area contributed by atoms with Crippen molar-refractivity contribution >= 4 is 17.7 Å². The van der Waals surface area contributed by atoms with Crippen molar-refractivity contribution in [2.45, 2.75) is 36.7 Å². The van der Waals surface area contributed by atoms with Crippen LogP contribution in [0.25, 0.3) is 0 Å². The van der Waals surface area contributed by atoms with Crippen LogP contribution < -0.4 is 5.32 Å². The van der Waals surface area contributed by atoms with Gasteiger partial charge in [-0.25, -0.2) is 4.98 Å². The molecule has 1 aromatic rings. The standard InChI is InChI=1S/C15H18F3N3O2S/c1-9-7-12(15(16,17)18)11(8-19)14(21-9)24-10(2)13(22)20-5-4-6-23-3/h7,10H,4-6H2,1-3H3,(H,20,22). The van der Waals surface area contributed by atoms with E-state index in [1.54, 1.807) is 20.1 Å². The molecule has 1 N–H and O–H groups in total. The molecule has 0 saturated heterocycles. The summed E-state index contributed by atoms with van der Waals surface area (Å²) in [7, 11) is 1.55. The summed E-state index contributed by atoms with van der Waals surface area (Å²) in [6.07, 6.45) is -4.02. The Morgan fingerprint density at radius 3 is 2.75 bits per heavy atom. The Kier molecular flexibility index (Phi) is 7.51.